The molecule has 2 N–H and O–H groups in total. The molecule has 2 aromatic rings. The maximum absolute atomic E-state index is 12.9. The summed E-state index contributed by atoms with van der Waals surface area (Å²) in [5.74, 6) is 0.295. The second-order valence-corrected chi connectivity index (χ2v) is 6.31. The highest BCUT2D eigenvalue weighted by molar-refractivity contribution is 7.99. The molecule has 7 heteroatoms. The number of benzene rings is 1. The van der Waals surface area contributed by atoms with Gasteiger partial charge in [-0.25, -0.2) is 14.4 Å². The van der Waals surface area contributed by atoms with Crippen LogP contribution in [0.25, 0.3) is 0 Å². The number of halogens is 1. The Hall–Kier alpha value is -2.33. The summed E-state index contributed by atoms with van der Waals surface area (Å²) in [5, 5.41) is 10.1. The number of nitrogens with zero attached hydrogens (tertiary/aromatic N) is 3. The van der Waals surface area contributed by atoms with Gasteiger partial charge in [0.1, 0.15) is 41.3 Å². The number of nitrogen functional groups attached to an aromatic ring is 1. The van der Waals surface area contributed by atoms with Crippen LogP contribution < -0.4 is 10.5 Å². The minimum Gasteiger partial charge on any atom is -0.487 e. The lowest BCUT2D eigenvalue weighted by molar-refractivity contribution is 0.299. The molecule has 0 aliphatic carbocycles. The predicted molar refractivity (Wildman–Crippen MR) is 87.5 cm³/mol. The molecule has 0 saturated carbocycles. The number of nitriles is 1. The molecule has 1 aromatic carbocycles. The highest BCUT2D eigenvalue weighted by atomic mass is 32.2. The van der Waals surface area contributed by atoms with E-state index in [1.807, 2.05) is 6.07 Å². The van der Waals surface area contributed by atoms with E-state index >= 15 is 0 Å². The van der Waals surface area contributed by atoms with Crippen molar-refractivity contribution in [3.8, 4) is 11.8 Å². The van der Waals surface area contributed by atoms with E-state index in [4.69, 9.17) is 10.5 Å². The third-order valence-electron chi connectivity index (χ3n) is 3.17. The second-order valence-electron chi connectivity index (χ2n) is 4.90. The fraction of sp³-hybridized carbons (Fsp3) is 0.312. The maximum atomic E-state index is 12.9. The van der Waals surface area contributed by atoms with Crippen molar-refractivity contribution in [2.24, 2.45) is 0 Å². The zero-order chi connectivity index (χ0) is 16.8. The van der Waals surface area contributed by atoms with Gasteiger partial charge in [0.05, 0.1) is 0 Å². The van der Waals surface area contributed by atoms with Crippen LogP contribution in [0.4, 0.5) is 10.2 Å². The Balaban J connectivity index is 2.21. The summed E-state index contributed by atoms with van der Waals surface area (Å²) < 4.78 is 18.4. The van der Waals surface area contributed by atoms with Gasteiger partial charge in [-0.2, -0.15) is 5.26 Å². The summed E-state index contributed by atoms with van der Waals surface area (Å²) >= 11 is 1.50. The van der Waals surface area contributed by atoms with Gasteiger partial charge in [-0.05, 0) is 30.7 Å². The molecule has 1 atom stereocenters. The van der Waals surface area contributed by atoms with E-state index in [1.165, 1.54) is 36.0 Å². The van der Waals surface area contributed by atoms with Crippen LogP contribution in [0.1, 0.15) is 31.5 Å². The molecule has 2 rings (SSSR count). The number of nitrogens with two attached hydrogens (primary N) is 1. The van der Waals surface area contributed by atoms with E-state index < -0.39 is 0 Å². The molecule has 23 heavy (non-hydrogen) atoms. The van der Waals surface area contributed by atoms with Crippen molar-refractivity contribution in [3.63, 3.8) is 0 Å². The fourth-order valence-corrected chi connectivity index (χ4v) is 2.57. The van der Waals surface area contributed by atoms with E-state index in [-0.39, 0.29) is 23.8 Å². The van der Waals surface area contributed by atoms with Crippen molar-refractivity contribution in [1.82, 2.24) is 9.97 Å². The van der Waals surface area contributed by atoms with Crippen LogP contribution in [-0.2, 0) is 6.61 Å². The highest BCUT2D eigenvalue weighted by Gasteiger charge is 2.15. The normalized spacial score (nSPS) is 11.7. The number of thioether (sulfide) groups is 1. The smallest absolute Gasteiger partial charge is 0.190 e. The third kappa shape index (κ3) is 4.57. The SMILES string of the molecule is CCC(C)Sc1nc(N)c(C#N)c(COc2ccc(F)cc2)n1. The van der Waals surface area contributed by atoms with Crippen LogP contribution in [0.3, 0.4) is 0 Å². The molecule has 0 aliphatic rings. The zero-order valence-corrected chi connectivity index (χ0v) is 13.7. The summed E-state index contributed by atoms with van der Waals surface area (Å²) in [6, 6.07) is 7.64. The van der Waals surface area contributed by atoms with Crippen LogP contribution in [0.5, 0.6) is 5.75 Å². The van der Waals surface area contributed by atoms with Gasteiger partial charge in [0.15, 0.2) is 5.16 Å². The van der Waals surface area contributed by atoms with Crippen LogP contribution in [0, 0.1) is 17.1 Å². The van der Waals surface area contributed by atoms with Crippen molar-refractivity contribution >= 4 is 17.6 Å². The van der Waals surface area contributed by atoms with Crippen LogP contribution in [0.2, 0.25) is 0 Å². The quantitative estimate of drug-likeness (QED) is 0.643. The third-order valence-corrected chi connectivity index (χ3v) is 4.30. The first-order valence-corrected chi connectivity index (χ1v) is 8.03. The summed E-state index contributed by atoms with van der Waals surface area (Å²) in [4.78, 5) is 8.54. The summed E-state index contributed by atoms with van der Waals surface area (Å²) in [6.07, 6.45) is 0.968. The number of aromatic nitrogens is 2. The van der Waals surface area contributed by atoms with Gasteiger partial charge in [0.25, 0.3) is 0 Å². The Bertz CT molecular complexity index is 715. The number of hydrogen-bond donors (Lipinski definition) is 1. The molecule has 0 fully saturated rings. The Morgan fingerprint density at radius 3 is 2.65 bits per heavy atom. The average Bonchev–Trinajstić information content (AvgIpc) is 2.54. The molecule has 5 nitrogen and oxygen atoms in total. The standard InChI is InChI=1S/C16H17FN4OS/c1-3-10(2)23-16-20-14(13(8-18)15(19)21-16)9-22-12-6-4-11(17)5-7-12/h4-7,10H,3,9H2,1-2H3,(H2,19,20,21). The molecule has 0 radical (unpaired) electrons. The molecule has 120 valence electrons. The maximum Gasteiger partial charge on any atom is 0.190 e. The summed E-state index contributed by atoms with van der Waals surface area (Å²) in [7, 11) is 0. The first kappa shape index (κ1) is 17.0. The topological polar surface area (TPSA) is 84.8 Å². The minimum absolute atomic E-state index is 0.0648. The van der Waals surface area contributed by atoms with Crippen LogP contribution in [0.15, 0.2) is 29.4 Å². The molecule has 1 heterocycles. The zero-order valence-electron chi connectivity index (χ0n) is 12.9. The van der Waals surface area contributed by atoms with Gasteiger partial charge >= 0.3 is 0 Å². The van der Waals surface area contributed by atoms with Crippen molar-refractivity contribution in [2.75, 3.05) is 5.73 Å². The van der Waals surface area contributed by atoms with Gasteiger partial charge in [-0.3, -0.25) is 0 Å². The molecular weight excluding hydrogens is 315 g/mol. The van der Waals surface area contributed by atoms with Crippen LogP contribution >= 0.6 is 11.8 Å². The first-order valence-electron chi connectivity index (χ1n) is 7.15. The van der Waals surface area contributed by atoms with Gasteiger partial charge < -0.3 is 10.5 Å². The molecule has 1 unspecified atom stereocenters. The average molecular weight is 332 g/mol. The molecule has 1 aromatic heterocycles. The van der Waals surface area contributed by atoms with E-state index in [0.29, 0.717) is 21.8 Å². The highest BCUT2D eigenvalue weighted by Crippen LogP contribution is 2.25. The lowest BCUT2D eigenvalue weighted by atomic mass is 10.2. The molecular formula is C16H17FN4OS. The Labute approximate surface area is 138 Å². The van der Waals surface area contributed by atoms with Crippen molar-refractivity contribution in [2.45, 2.75) is 37.3 Å². The van der Waals surface area contributed by atoms with Gasteiger partial charge in [0, 0.05) is 5.25 Å². The lowest BCUT2D eigenvalue weighted by Crippen LogP contribution is -2.09. The number of hydrogen-bond acceptors (Lipinski definition) is 6. The molecule has 0 saturated heterocycles. The van der Waals surface area contributed by atoms with Gasteiger partial charge in [0.2, 0.25) is 0 Å². The molecule has 0 aliphatic heterocycles. The van der Waals surface area contributed by atoms with E-state index in [0.717, 1.165) is 6.42 Å². The largest absolute Gasteiger partial charge is 0.487 e. The van der Waals surface area contributed by atoms with E-state index in [1.54, 1.807) is 0 Å². The van der Waals surface area contributed by atoms with E-state index in [9.17, 15) is 9.65 Å². The number of rotatable bonds is 6. The summed E-state index contributed by atoms with van der Waals surface area (Å²) in [5.41, 5.74) is 6.48. The number of ether oxygens (including phenoxy) is 1. The van der Waals surface area contributed by atoms with E-state index in [2.05, 4.69) is 23.8 Å². The van der Waals surface area contributed by atoms with Crippen molar-refractivity contribution in [1.29, 1.82) is 5.26 Å². The van der Waals surface area contributed by atoms with Gasteiger partial charge in [-0.1, -0.05) is 25.6 Å². The Morgan fingerprint density at radius 1 is 1.35 bits per heavy atom. The first-order chi connectivity index (χ1) is 11.0. The molecule has 0 bridgehead atoms. The Morgan fingerprint density at radius 2 is 2.04 bits per heavy atom. The number of anilines is 1. The summed E-state index contributed by atoms with van der Waals surface area (Å²) in [6.45, 7) is 4.20. The van der Waals surface area contributed by atoms with Crippen LogP contribution in [-0.4, -0.2) is 15.2 Å². The predicted octanol–water partition coefficient (Wildman–Crippen LogP) is 3.54. The fourth-order valence-electron chi connectivity index (χ4n) is 1.73. The lowest BCUT2D eigenvalue weighted by Gasteiger charge is -2.11. The second kappa shape index (κ2) is 7.79. The minimum atomic E-state index is -0.339. The van der Waals surface area contributed by atoms with Gasteiger partial charge in [-0.15, -0.1) is 0 Å². The Kier molecular flexibility index (Phi) is 5.77. The van der Waals surface area contributed by atoms with Crippen molar-refractivity contribution < 1.29 is 9.13 Å². The molecule has 0 amide bonds. The monoisotopic (exact) mass is 332 g/mol. The van der Waals surface area contributed by atoms with Crippen molar-refractivity contribution in [3.05, 3.63) is 41.3 Å². The molecule has 0 spiro atoms.